The molecule has 0 aromatic carbocycles. The number of carboxylic acid groups (broad SMARTS) is 1. The van der Waals surface area contributed by atoms with Crippen LogP contribution < -0.4 is 5.69 Å². The van der Waals surface area contributed by atoms with Crippen LogP contribution in [0.25, 0.3) is 0 Å². The SMILES string of the molecule is CC(Cc1nc(=O)[nH]c2c1CCC2)C(=O)O. The summed E-state index contributed by atoms with van der Waals surface area (Å²) in [4.78, 5) is 28.7. The summed E-state index contributed by atoms with van der Waals surface area (Å²) in [6.45, 7) is 1.63. The highest BCUT2D eigenvalue weighted by Gasteiger charge is 2.21. The van der Waals surface area contributed by atoms with E-state index in [4.69, 9.17) is 5.11 Å². The van der Waals surface area contributed by atoms with E-state index in [1.807, 2.05) is 0 Å². The Labute approximate surface area is 92.5 Å². The van der Waals surface area contributed by atoms with Crippen molar-refractivity contribution in [2.45, 2.75) is 32.6 Å². The summed E-state index contributed by atoms with van der Waals surface area (Å²) in [6, 6.07) is 0. The van der Waals surface area contributed by atoms with Crippen molar-refractivity contribution in [3.8, 4) is 0 Å². The first-order valence-electron chi connectivity index (χ1n) is 5.41. The molecule has 0 saturated heterocycles. The number of aromatic nitrogens is 2. The zero-order valence-corrected chi connectivity index (χ0v) is 9.12. The van der Waals surface area contributed by atoms with E-state index in [2.05, 4.69) is 9.97 Å². The lowest BCUT2D eigenvalue weighted by molar-refractivity contribution is -0.141. The van der Waals surface area contributed by atoms with E-state index < -0.39 is 11.9 Å². The highest BCUT2D eigenvalue weighted by Crippen LogP contribution is 2.22. The van der Waals surface area contributed by atoms with Gasteiger partial charge in [-0.25, -0.2) is 4.79 Å². The van der Waals surface area contributed by atoms with Crippen LogP contribution >= 0.6 is 0 Å². The third kappa shape index (κ3) is 1.98. The minimum Gasteiger partial charge on any atom is -0.481 e. The van der Waals surface area contributed by atoms with Crippen LogP contribution in [0.15, 0.2) is 4.79 Å². The van der Waals surface area contributed by atoms with Gasteiger partial charge in [-0.1, -0.05) is 6.92 Å². The van der Waals surface area contributed by atoms with Crippen LogP contribution in [0.5, 0.6) is 0 Å². The molecular formula is C11H14N2O3. The number of fused-ring (bicyclic) bond motifs is 1. The normalized spacial score (nSPS) is 15.8. The van der Waals surface area contributed by atoms with E-state index >= 15 is 0 Å². The third-order valence-electron chi connectivity index (χ3n) is 2.98. The molecule has 0 radical (unpaired) electrons. The lowest BCUT2D eigenvalue weighted by Gasteiger charge is -2.09. The van der Waals surface area contributed by atoms with Gasteiger partial charge in [-0.3, -0.25) is 4.79 Å². The van der Waals surface area contributed by atoms with Gasteiger partial charge in [0, 0.05) is 12.1 Å². The summed E-state index contributed by atoms with van der Waals surface area (Å²) in [5, 5.41) is 8.85. The average molecular weight is 222 g/mol. The molecule has 0 bridgehead atoms. The van der Waals surface area contributed by atoms with Gasteiger partial charge in [0.15, 0.2) is 0 Å². The smallest absolute Gasteiger partial charge is 0.345 e. The predicted octanol–water partition coefficient (Wildman–Crippen LogP) is 0.522. The molecule has 0 aliphatic heterocycles. The number of nitrogens with zero attached hydrogens (tertiary/aromatic N) is 1. The molecular weight excluding hydrogens is 208 g/mol. The van der Waals surface area contributed by atoms with Gasteiger partial charge in [0.05, 0.1) is 11.6 Å². The van der Waals surface area contributed by atoms with Crippen molar-refractivity contribution in [3.05, 3.63) is 27.4 Å². The van der Waals surface area contributed by atoms with Crippen molar-refractivity contribution in [3.63, 3.8) is 0 Å². The zero-order valence-electron chi connectivity index (χ0n) is 9.12. The highest BCUT2D eigenvalue weighted by atomic mass is 16.4. The molecule has 1 unspecified atom stereocenters. The van der Waals surface area contributed by atoms with Gasteiger partial charge < -0.3 is 10.1 Å². The van der Waals surface area contributed by atoms with Gasteiger partial charge in [-0.2, -0.15) is 4.98 Å². The van der Waals surface area contributed by atoms with E-state index in [9.17, 15) is 9.59 Å². The molecule has 0 saturated carbocycles. The van der Waals surface area contributed by atoms with Gasteiger partial charge in [0.1, 0.15) is 0 Å². The number of hydrogen-bond donors (Lipinski definition) is 2. The van der Waals surface area contributed by atoms with E-state index in [0.29, 0.717) is 12.1 Å². The Hall–Kier alpha value is -1.65. The van der Waals surface area contributed by atoms with Crippen molar-refractivity contribution in [1.82, 2.24) is 9.97 Å². The minimum atomic E-state index is -0.853. The molecule has 1 aliphatic rings. The van der Waals surface area contributed by atoms with Crippen molar-refractivity contribution in [2.75, 3.05) is 0 Å². The van der Waals surface area contributed by atoms with Crippen molar-refractivity contribution >= 4 is 5.97 Å². The van der Waals surface area contributed by atoms with Gasteiger partial charge in [0.2, 0.25) is 0 Å². The van der Waals surface area contributed by atoms with Crippen LogP contribution in [0.4, 0.5) is 0 Å². The largest absolute Gasteiger partial charge is 0.481 e. The molecule has 2 rings (SSSR count). The van der Waals surface area contributed by atoms with E-state index in [1.54, 1.807) is 6.92 Å². The summed E-state index contributed by atoms with van der Waals surface area (Å²) in [5.74, 6) is -1.35. The fourth-order valence-corrected chi connectivity index (χ4v) is 2.09. The first kappa shape index (κ1) is 10.9. The van der Waals surface area contributed by atoms with E-state index in [-0.39, 0.29) is 5.69 Å². The predicted molar refractivity (Wildman–Crippen MR) is 57.4 cm³/mol. The number of carboxylic acids is 1. The Morgan fingerprint density at radius 1 is 1.56 bits per heavy atom. The number of hydrogen-bond acceptors (Lipinski definition) is 3. The molecule has 5 nitrogen and oxygen atoms in total. The van der Waals surface area contributed by atoms with Crippen LogP contribution in [0, 0.1) is 5.92 Å². The highest BCUT2D eigenvalue weighted by molar-refractivity contribution is 5.69. The first-order chi connectivity index (χ1) is 7.58. The lowest BCUT2D eigenvalue weighted by atomic mass is 10.0. The summed E-state index contributed by atoms with van der Waals surface area (Å²) in [7, 11) is 0. The zero-order chi connectivity index (χ0) is 11.7. The standard InChI is InChI=1S/C11H14N2O3/c1-6(10(14)15)5-9-7-3-2-4-8(7)12-11(16)13-9/h6H,2-5H2,1H3,(H,14,15)(H,12,13,16). The summed E-state index contributed by atoms with van der Waals surface area (Å²) >= 11 is 0. The maximum absolute atomic E-state index is 11.3. The number of aryl methyl sites for hydroxylation is 1. The first-order valence-corrected chi connectivity index (χ1v) is 5.41. The Morgan fingerprint density at radius 2 is 2.31 bits per heavy atom. The lowest BCUT2D eigenvalue weighted by Crippen LogP contribution is -2.20. The molecule has 2 N–H and O–H groups in total. The number of nitrogens with one attached hydrogen (secondary N) is 1. The van der Waals surface area contributed by atoms with Crippen molar-refractivity contribution < 1.29 is 9.90 Å². The number of aliphatic carboxylic acids is 1. The minimum absolute atomic E-state index is 0.335. The maximum atomic E-state index is 11.3. The molecule has 1 aliphatic carbocycles. The molecule has 16 heavy (non-hydrogen) atoms. The number of aromatic amines is 1. The number of H-pyrrole nitrogens is 1. The van der Waals surface area contributed by atoms with Crippen LogP contribution in [-0.2, 0) is 24.1 Å². The number of rotatable bonds is 3. The second-order valence-electron chi connectivity index (χ2n) is 4.24. The molecule has 1 aromatic rings. The Kier molecular flexibility index (Phi) is 2.77. The van der Waals surface area contributed by atoms with Crippen LogP contribution in [-0.4, -0.2) is 21.0 Å². The molecule has 0 amide bonds. The summed E-state index contributed by atoms with van der Waals surface area (Å²) < 4.78 is 0. The Bertz CT molecular complexity index is 479. The molecule has 1 atom stereocenters. The molecule has 1 heterocycles. The maximum Gasteiger partial charge on any atom is 0.345 e. The van der Waals surface area contributed by atoms with Crippen molar-refractivity contribution in [1.29, 1.82) is 0 Å². The van der Waals surface area contributed by atoms with Gasteiger partial charge in [-0.05, 0) is 24.8 Å². The third-order valence-corrected chi connectivity index (χ3v) is 2.98. The second kappa shape index (κ2) is 4.08. The average Bonchev–Trinajstić information content (AvgIpc) is 2.65. The van der Waals surface area contributed by atoms with Crippen LogP contribution in [0.3, 0.4) is 0 Å². The molecule has 5 heteroatoms. The molecule has 0 fully saturated rings. The fourth-order valence-electron chi connectivity index (χ4n) is 2.09. The van der Waals surface area contributed by atoms with Crippen LogP contribution in [0.1, 0.15) is 30.3 Å². The number of carbonyl (C=O) groups is 1. The fraction of sp³-hybridized carbons (Fsp3) is 0.545. The van der Waals surface area contributed by atoms with Gasteiger partial charge >= 0.3 is 11.7 Å². The molecule has 0 spiro atoms. The Morgan fingerprint density at radius 3 is 3.00 bits per heavy atom. The van der Waals surface area contributed by atoms with E-state index in [1.165, 1.54) is 0 Å². The van der Waals surface area contributed by atoms with Crippen molar-refractivity contribution in [2.24, 2.45) is 5.92 Å². The Balaban J connectivity index is 2.34. The van der Waals surface area contributed by atoms with Gasteiger partial charge in [-0.15, -0.1) is 0 Å². The summed E-state index contributed by atoms with van der Waals surface area (Å²) in [5.41, 5.74) is 2.28. The molecule has 1 aromatic heterocycles. The second-order valence-corrected chi connectivity index (χ2v) is 4.24. The van der Waals surface area contributed by atoms with Gasteiger partial charge in [0.25, 0.3) is 0 Å². The monoisotopic (exact) mass is 222 g/mol. The van der Waals surface area contributed by atoms with E-state index in [0.717, 1.165) is 30.5 Å². The topological polar surface area (TPSA) is 83.0 Å². The quantitative estimate of drug-likeness (QED) is 0.781. The van der Waals surface area contributed by atoms with Crippen LogP contribution in [0.2, 0.25) is 0 Å². The molecule has 86 valence electrons. The summed E-state index contributed by atoms with van der Waals surface area (Å²) in [6.07, 6.45) is 3.09.